The molecule has 1 atom stereocenters. The number of nitrogens with zero attached hydrogens (tertiary/aromatic N) is 4. The van der Waals surface area contributed by atoms with Gasteiger partial charge in [0.25, 0.3) is 11.8 Å². The Balaban J connectivity index is 1.39. The minimum absolute atomic E-state index is 0.0477. The third kappa shape index (κ3) is 5.93. The van der Waals surface area contributed by atoms with Gasteiger partial charge < -0.3 is 14.4 Å². The zero-order valence-corrected chi connectivity index (χ0v) is 22.4. The van der Waals surface area contributed by atoms with Crippen LogP contribution in [0.5, 0.6) is 5.75 Å². The van der Waals surface area contributed by atoms with Gasteiger partial charge in [0.2, 0.25) is 0 Å². The average molecular weight is 539 g/mol. The van der Waals surface area contributed by atoms with Crippen molar-refractivity contribution >= 4 is 40.2 Å². The molecule has 10 heteroatoms. The summed E-state index contributed by atoms with van der Waals surface area (Å²) in [5.41, 5.74) is 1.77. The molecule has 3 aromatic rings. The fourth-order valence-electron chi connectivity index (χ4n) is 4.65. The highest BCUT2D eigenvalue weighted by molar-refractivity contribution is 7.12. The van der Waals surface area contributed by atoms with Gasteiger partial charge in [-0.05, 0) is 29.0 Å². The number of hydrogen-bond donors (Lipinski definition) is 0. The number of amides is 2. The molecule has 0 bridgehead atoms. The van der Waals surface area contributed by atoms with E-state index < -0.39 is 0 Å². The summed E-state index contributed by atoms with van der Waals surface area (Å²) < 4.78 is 11.1. The molecule has 1 aromatic carbocycles. The van der Waals surface area contributed by atoms with Gasteiger partial charge in [0.15, 0.2) is 0 Å². The van der Waals surface area contributed by atoms with Gasteiger partial charge in [-0.1, -0.05) is 30.3 Å². The number of para-hydroxylation sites is 1. The molecule has 2 aromatic heterocycles. The normalized spacial score (nSPS) is 18.0. The molecule has 2 aliphatic rings. The summed E-state index contributed by atoms with van der Waals surface area (Å²) in [6.45, 7) is 4.12. The molecule has 1 saturated heterocycles. The lowest BCUT2D eigenvalue weighted by Gasteiger charge is -2.31. The van der Waals surface area contributed by atoms with Crippen LogP contribution in [-0.4, -0.2) is 85.4 Å². The predicted octanol–water partition coefficient (Wildman–Crippen LogP) is 3.97. The smallest absolute Gasteiger partial charge is 0.264 e. The van der Waals surface area contributed by atoms with Crippen molar-refractivity contribution in [1.82, 2.24) is 14.8 Å². The molecular weight excluding hydrogens is 508 g/mol. The van der Waals surface area contributed by atoms with Crippen molar-refractivity contribution in [3.8, 4) is 5.75 Å². The standard InChI is InChI=1S/C27H30N4O4S2/c1-34-23-7-3-2-6-20(23)22-18-21(24-8-4-16-36-24)28-31(22)26(32)19-30(27(33)25-9-5-17-37-25)11-10-29-12-14-35-15-13-29/h2-9,16-17,22H,10-15,18-19H2,1H3/t22-/m0/s1. The van der Waals surface area contributed by atoms with Crippen molar-refractivity contribution < 1.29 is 19.1 Å². The number of methoxy groups -OCH3 is 1. The predicted molar refractivity (Wildman–Crippen MR) is 146 cm³/mol. The highest BCUT2D eigenvalue weighted by Gasteiger charge is 2.36. The average Bonchev–Trinajstić information content (AvgIpc) is 3.73. The SMILES string of the molecule is COc1ccccc1[C@@H]1CC(c2cccs2)=NN1C(=O)CN(CCN1CCOCC1)C(=O)c1cccs1. The Bertz CT molecular complexity index is 1220. The Kier molecular flexibility index (Phi) is 8.30. The van der Waals surface area contributed by atoms with Gasteiger partial charge >= 0.3 is 0 Å². The van der Waals surface area contributed by atoms with Crippen molar-refractivity contribution in [2.45, 2.75) is 12.5 Å². The van der Waals surface area contributed by atoms with Gasteiger partial charge in [-0.15, -0.1) is 22.7 Å². The molecule has 2 amide bonds. The monoisotopic (exact) mass is 538 g/mol. The summed E-state index contributed by atoms with van der Waals surface area (Å²) in [7, 11) is 1.63. The minimum atomic E-state index is -0.307. The van der Waals surface area contributed by atoms with Gasteiger partial charge in [0.05, 0.1) is 41.8 Å². The highest BCUT2D eigenvalue weighted by Crippen LogP contribution is 2.38. The first kappa shape index (κ1) is 25.6. The summed E-state index contributed by atoms with van der Waals surface area (Å²) in [5, 5.41) is 10.2. The van der Waals surface area contributed by atoms with E-state index in [0.29, 0.717) is 43.4 Å². The Morgan fingerprint density at radius 3 is 2.59 bits per heavy atom. The third-order valence-corrected chi connectivity index (χ3v) is 8.38. The summed E-state index contributed by atoms with van der Waals surface area (Å²) in [5.74, 6) is 0.369. The van der Waals surface area contributed by atoms with E-state index in [4.69, 9.17) is 14.6 Å². The van der Waals surface area contributed by atoms with Crippen molar-refractivity contribution in [3.05, 3.63) is 74.6 Å². The largest absolute Gasteiger partial charge is 0.496 e. The molecule has 194 valence electrons. The van der Waals surface area contributed by atoms with Crippen molar-refractivity contribution in [1.29, 1.82) is 0 Å². The molecule has 8 nitrogen and oxygen atoms in total. The van der Waals surface area contributed by atoms with Crippen LogP contribution in [0.15, 0.2) is 64.4 Å². The number of rotatable bonds is 9. The van der Waals surface area contributed by atoms with E-state index in [-0.39, 0.29) is 24.4 Å². The van der Waals surface area contributed by atoms with Gasteiger partial charge in [-0.2, -0.15) is 5.10 Å². The second-order valence-electron chi connectivity index (χ2n) is 8.88. The number of carbonyl (C=O) groups excluding carboxylic acids is 2. The van der Waals surface area contributed by atoms with Crippen LogP contribution >= 0.6 is 22.7 Å². The molecule has 2 aliphatic heterocycles. The molecule has 5 rings (SSSR count). The number of morpholine rings is 1. The van der Waals surface area contributed by atoms with Crippen LogP contribution in [0.25, 0.3) is 0 Å². The molecular formula is C27H30N4O4S2. The molecule has 0 radical (unpaired) electrons. The molecule has 0 spiro atoms. The molecule has 4 heterocycles. The zero-order chi connectivity index (χ0) is 25.6. The van der Waals surface area contributed by atoms with E-state index >= 15 is 0 Å². The molecule has 1 fully saturated rings. The van der Waals surface area contributed by atoms with E-state index in [9.17, 15) is 9.59 Å². The van der Waals surface area contributed by atoms with Gasteiger partial charge in [-0.25, -0.2) is 5.01 Å². The number of thiophene rings is 2. The van der Waals surface area contributed by atoms with Crippen LogP contribution in [-0.2, 0) is 9.53 Å². The van der Waals surface area contributed by atoms with E-state index in [1.54, 1.807) is 34.4 Å². The number of hydrazone groups is 1. The summed E-state index contributed by atoms with van der Waals surface area (Å²) >= 11 is 2.99. The first-order valence-electron chi connectivity index (χ1n) is 12.3. The highest BCUT2D eigenvalue weighted by atomic mass is 32.1. The van der Waals surface area contributed by atoms with Gasteiger partial charge in [0.1, 0.15) is 12.3 Å². The second kappa shape index (κ2) is 12.0. The molecule has 0 unspecified atom stereocenters. The van der Waals surface area contributed by atoms with E-state index in [0.717, 1.165) is 29.2 Å². The lowest BCUT2D eigenvalue weighted by Crippen LogP contribution is -2.46. The molecule has 37 heavy (non-hydrogen) atoms. The maximum atomic E-state index is 13.8. The van der Waals surface area contributed by atoms with Crippen LogP contribution in [0.4, 0.5) is 0 Å². The van der Waals surface area contributed by atoms with E-state index in [1.165, 1.54) is 11.3 Å². The molecule has 0 aliphatic carbocycles. The molecule has 0 saturated carbocycles. The fraction of sp³-hybridized carbons (Fsp3) is 0.370. The molecule has 0 N–H and O–H groups in total. The maximum absolute atomic E-state index is 13.8. The first-order chi connectivity index (χ1) is 18.1. The maximum Gasteiger partial charge on any atom is 0.264 e. The van der Waals surface area contributed by atoms with E-state index in [1.807, 2.05) is 53.2 Å². The van der Waals surface area contributed by atoms with Crippen molar-refractivity contribution in [2.75, 3.05) is 53.0 Å². The van der Waals surface area contributed by atoms with Crippen LogP contribution in [0.2, 0.25) is 0 Å². The topological polar surface area (TPSA) is 74.7 Å². The Morgan fingerprint density at radius 2 is 1.86 bits per heavy atom. The van der Waals surface area contributed by atoms with Crippen LogP contribution in [0.3, 0.4) is 0 Å². The Morgan fingerprint density at radius 1 is 1.08 bits per heavy atom. The van der Waals surface area contributed by atoms with Crippen LogP contribution in [0, 0.1) is 0 Å². The van der Waals surface area contributed by atoms with Crippen LogP contribution in [0.1, 0.15) is 32.6 Å². The number of benzene rings is 1. The number of carbonyl (C=O) groups is 2. The second-order valence-corrected chi connectivity index (χ2v) is 10.8. The summed E-state index contributed by atoms with van der Waals surface area (Å²) in [4.78, 5) is 32.8. The number of hydrogen-bond acceptors (Lipinski definition) is 8. The third-order valence-electron chi connectivity index (χ3n) is 6.60. The lowest BCUT2D eigenvalue weighted by atomic mass is 10.00. The summed E-state index contributed by atoms with van der Waals surface area (Å²) in [6.07, 6.45) is 0.583. The van der Waals surface area contributed by atoms with Crippen molar-refractivity contribution in [2.24, 2.45) is 5.10 Å². The van der Waals surface area contributed by atoms with Gasteiger partial charge in [0, 0.05) is 38.2 Å². The Hall–Kier alpha value is -3.05. The Labute approximate surface area is 224 Å². The van der Waals surface area contributed by atoms with Crippen LogP contribution < -0.4 is 4.74 Å². The lowest BCUT2D eigenvalue weighted by molar-refractivity contribution is -0.133. The quantitative estimate of drug-likeness (QED) is 0.412. The number of ether oxygens (including phenoxy) is 2. The first-order valence-corrected chi connectivity index (χ1v) is 14.1. The zero-order valence-electron chi connectivity index (χ0n) is 20.7. The minimum Gasteiger partial charge on any atom is -0.496 e. The van der Waals surface area contributed by atoms with Gasteiger partial charge in [-0.3, -0.25) is 14.5 Å². The van der Waals surface area contributed by atoms with E-state index in [2.05, 4.69) is 4.90 Å². The van der Waals surface area contributed by atoms with Crippen molar-refractivity contribution in [3.63, 3.8) is 0 Å². The summed E-state index contributed by atoms with van der Waals surface area (Å²) in [6, 6.07) is 15.1. The fourth-order valence-corrected chi connectivity index (χ4v) is 6.06.